The van der Waals surface area contributed by atoms with Gasteiger partial charge >= 0.3 is 0 Å². The first-order chi connectivity index (χ1) is 14.0. The van der Waals surface area contributed by atoms with E-state index in [1.54, 1.807) is 6.20 Å². The topological polar surface area (TPSA) is 59.0 Å². The molecule has 1 saturated heterocycles. The molecule has 1 amide bonds. The number of hydrogen-bond acceptors (Lipinski definition) is 3. The summed E-state index contributed by atoms with van der Waals surface area (Å²) in [5.74, 6) is 0.182. The lowest BCUT2D eigenvalue weighted by Crippen LogP contribution is -2.29. The molecule has 0 aliphatic carbocycles. The van der Waals surface area contributed by atoms with Crippen LogP contribution in [0.5, 0.6) is 0 Å². The van der Waals surface area contributed by atoms with Gasteiger partial charge in [0.1, 0.15) is 0 Å². The number of hydrogen-bond donors (Lipinski definition) is 2. The molecule has 3 aromatic rings. The predicted octanol–water partition coefficient (Wildman–Crippen LogP) is 5.39. The molecule has 7 heteroatoms. The normalized spacial score (nSPS) is 14.2. The first-order valence-corrected chi connectivity index (χ1v) is 10.8. The summed E-state index contributed by atoms with van der Waals surface area (Å²) in [4.78, 5) is 13.2. The van der Waals surface area contributed by atoms with E-state index in [9.17, 15) is 4.79 Å². The van der Waals surface area contributed by atoms with Crippen LogP contribution in [0.2, 0.25) is 0 Å². The van der Waals surface area contributed by atoms with Crippen LogP contribution < -0.4 is 10.6 Å². The first-order valence-electron chi connectivity index (χ1n) is 9.96. The molecule has 4 rings (SSSR count). The minimum Gasteiger partial charge on any atom is -0.322 e. The molecular formula is C23H26BrClN4O. The Labute approximate surface area is 191 Å². The Bertz CT molecular complexity index is 1030. The van der Waals surface area contributed by atoms with Crippen molar-refractivity contribution in [1.29, 1.82) is 0 Å². The molecule has 0 unspecified atom stereocenters. The minimum absolute atomic E-state index is 0. The van der Waals surface area contributed by atoms with Gasteiger partial charge in [0.25, 0.3) is 5.91 Å². The number of carbonyl (C=O) groups is 1. The van der Waals surface area contributed by atoms with Gasteiger partial charge in [0.15, 0.2) is 0 Å². The highest BCUT2D eigenvalue weighted by Crippen LogP contribution is 2.31. The number of rotatable bonds is 4. The molecule has 0 spiro atoms. The van der Waals surface area contributed by atoms with Crippen molar-refractivity contribution in [3.8, 4) is 5.69 Å². The number of nitrogens with zero attached hydrogens (tertiary/aromatic N) is 2. The Morgan fingerprint density at radius 2 is 1.83 bits per heavy atom. The second-order valence-electron chi connectivity index (χ2n) is 7.63. The SMILES string of the molecule is Cc1ccc(-n2ncc(C(=O)Nc3ccc(Br)cc3)c2C2CCNCC2)c(C)c1.Cl. The molecule has 1 fully saturated rings. The monoisotopic (exact) mass is 488 g/mol. The third-order valence-corrected chi connectivity index (χ3v) is 5.99. The van der Waals surface area contributed by atoms with Crippen molar-refractivity contribution < 1.29 is 4.79 Å². The van der Waals surface area contributed by atoms with Crippen molar-refractivity contribution in [3.05, 3.63) is 75.5 Å². The van der Waals surface area contributed by atoms with Crippen LogP contribution >= 0.6 is 28.3 Å². The van der Waals surface area contributed by atoms with E-state index in [2.05, 4.69) is 63.7 Å². The van der Waals surface area contributed by atoms with Crippen LogP contribution in [0.15, 0.2) is 53.1 Å². The largest absolute Gasteiger partial charge is 0.322 e. The number of nitrogens with one attached hydrogen (secondary N) is 2. The molecule has 0 saturated carbocycles. The maximum absolute atomic E-state index is 13.2. The van der Waals surface area contributed by atoms with E-state index in [4.69, 9.17) is 0 Å². The van der Waals surface area contributed by atoms with Gasteiger partial charge in [0, 0.05) is 16.1 Å². The van der Waals surface area contributed by atoms with E-state index in [0.29, 0.717) is 11.5 Å². The van der Waals surface area contributed by atoms with Crippen molar-refractivity contribution in [2.24, 2.45) is 0 Å². The molecule has 158 valence electrons. The lowest BCUT2D eigenvalue weighted by Gasteiger charge is -2.25. The molecule has 2 heterocycles. The van der Waals surface area contributed by atoms with Gasteiger partial charge in [0.2, 0.25) is 0 Å². The number of carbonyl (C=O) groups excluding carboxylic acids is 1. The van der Waals surface area contributed by atoms with Gasteiger partial charge in [-0.3, -0.25) is 4.79 Å². The second kappa shape index (κ2) is 9.77. The van der Waals surface area contributed by atoms with Crippen LogP contribution in [0.1, 0.15) is 45.9 Å². The summed E-state index contributed by atoms with van der Waals surface area (Å²) in [6.45, 7) is 6.09. The fraction of sp³-hybridized carbons (Fsp3) is 0.304. The highest BCUT2D eigenvalue weighted by molar-refractivity contribution is 9.10. The molecule has 0 bridgehead atoms. The molecule has 2 aromatic carbocycles. The van der Waals surface area contributed by atoms with Crippen LogP contribution in [-0.4, -0.2) is 28.8 Å². The maximum Gasteiger partial charge on any atom is 0.259 e. The summed E-state index contributed by atoms with van der Waals surface area (Å²) in [5, 5.41) is 11.1. The summed E-state index contributed by atoms with van der Waals surface area (Å²) in [7, 11) is 0. The van der Waals surface area contributed by atoms with Gasteiger partial charge in [0.05, 0.1) is 23.1 Å². The molecular weight excluding hydrogens is 464 g/mol. The molecule has 5 nitrogen and oxygen atoms in total. The molecule has 1 aliphatic heterocycles. The average molecular weight is 490 g/mol. The van der Waals surface area contributed by atoms with Crippen molar-refractivity contribution in [3.63, 3.8) is 0 Å². The Morgan fingerprint density at radius 1 is 1.13 bits per heavy atom. The Hall–Kier alpha value is -2.15. The van der Waals surface area contributed by atoms with Crippen molar-refractivity contribution in [2.45, 2.75) is 32.6 Å². The fourth-order valence-corrected chi connectivity index (χ4v) is 4.25. The van der Waals surface area contributed by atoms with Crippen molar-refractivity contribution in [1.82, 2.24) is 15.1 Å². The van der Waals surface area contributed by atoms with E-state index in [-0.39, 0.29) is 18.3 Å². The maximum atomic E-state index is 13.2. The summed E-state index contributed by atoms with van der Waals surface area (Å²) in [5.41, 5.74) is 5.84. The van der Waals surface area contributed by atoms with E-state index >= 15 is 0 Å². The summed E-state index contributed by atoms with van der Waals surface area (Å²) in [6.07, 6.45) is 3.70. The lowest BCUT2D eigenvalue weighted by molar-refractivity contribution is 0.102. The van der Waals surface area contributed by atoms with Gasteiger partial charge in [-0.15, -0.1) is 12.4 Å². The number of amides is 1. The first kappa shape index (κ1) is 22.5. The summed E-state index contributed by atoms with van der Waals surface area (Å²) < 4.78 is 2.95. The van der Waals surface area contributed by atoms with Crippen LogP contribution in [0.3, 0.4) is 0 Å². The zero-order valence-corrected chi connectivity index (χ0v) is 19.5. The third kappa shape index (κ3) is 4.77. The van der Waals surface area contributed by atoms with E-state index in [1.165, 1.54) is 5.56 Å². The zero-order chi connectivity index (χ0) is 20.4. The lowest BCUT2D eigenvalue weighted by atomic mass is 9.91. The average Bonchev–Trinajstić information content (AvgIpc) is 3.15. The van der Waals surface area contributed by atoms with Gasteiger partial charge < -0.3 is 10.6 Å². The number of aryl methyl sites for hydroxylation is 2. The quantitative estimate of drug-likeness (QED) is 0.516. The smallest absolute Gasteiger partial charge is 0.259 e. The number of benzene rings is 2. The Morgan fingerprint density at radius 3 is 2.50 bits per heavy atom. The van der Waals surface area contributed by atoms with Crippen LogP contribution in [0, 0.1) is 13.8 Å². The Kier molecular flexibility index (Phi) is 7.34. The molecule has 1 aromatic heterocycles. The minimum atomic E-state index is -0.114. The zero-order valence-electron chi connectivity index (χ0n) is 17.1. The molecule has 2 N–H and O–H groups in total. The van der Waals surface area contributed by atoms with Gasteiger partial charge in [-0.2, -0.15) is 5.10 Å². The third-order valence-electron chi connectivity index (χ3n) is 5.46. The van der Waals surface area contributed by atoms with Gasteiger partial charge in [-0.25, -0.2) is 4.68 Å². The van der Waals surface area contributed by atoms with Gasteiger partial charge in [-0.1, -0.05) is 33.6 Å². The number of piperidine rings is 1. The highest BCUT2D eigenvalue weighted by Gasteiger charge is 2.27. The van der Waals surface area contributed by atoms with Crippen molar-refractivity contribution in [2.75, 3.05) is 18.4 Å². The van der Waals surface area contributed by atoms with E-state index in [0.717, 1.165) is 53.0 Å². The molecule has 0 atom stereocenters. The number of anilines is 1. The molecule has 0 radical (unpaired) electrons. The second-order valence-corrected chi connectivity index (χ2v) is 8.55. The van der Waals surface area contributed by atoms with Crippen LogP contribution in [0.4, 0.5) is 5.69 Å². The predicted molar refractivity (Wildman–Crippen MR) is 127 cm³/mol. The van der Waals surface area contributed by atoms with Crippen molar-refractivity contribution >= 4 is 39.9 Å². The van der Waals surface area contributed by atoms with Gasteiger partial charge in [-0.05, 0) is 75.7 Å². The standard InChI is InChI=1S/C23H25BrN4O.ClH/c1-15-3-8-21(16(2)13-15)28-22(17-9-11-25-12-10-17)20(14-26-28)23(29)27-19-6-4-18(24)5-7-19;/h3-8,13-14,17,25H,9-12H2,1-2H3,(H,27,29);1H. The summed E-state index contributed by atoms with van der Waals surface area (Å²) >= 11 is 3.43. The Balaban J connectivity index is 0.00000256. The number of aromatic nitrogens is 2. The highest BCUT2D eigenvalue weighted by atomic mass is 79.9. The van der Waals surface area contributed by atoms with Crippen LogP contribution in [0.25, 0.3) is 5.69 Å². The number of halogens is 2. The molecule has 1 aliphatic rings. The van der Waals surface area contributed by atoms with Crippen LogP contribution in [-0.2, 0) is 0 Å². The molecule has 30 heavy (non-hydrogen) atoms. The fourth-order valence-electron chi connectivity index (χ4n) is 3.99. The summed E-state index contributed by atoms with van der Waals surface area (Å²) in [6, 6.07) is 14.0. The van der Waals surface area contributed by atoms with E-state index < -0.39 is 0 Å². The van der Waals surface area contributed by atoms with E-state index in [1.807, 2.05) is 28.9 Å².